The van der Waals surface area contributed by atoms with E-state index in [1.54, 1.807) is 11.6 Å². The van der Waals surface area contributed by atoms with Crippen molar-refractivity contribution in [3.05, 3.63) is 23.5 Å². The number of alkyl halides is 3. The van der Waals surface area contributed by atoms with E-state index in [9.17, 15) is 18.0 Å². The van der Waals surface area contributed by atoms with Gasteiger partial charge < -0.3 is 10.4 Å². The van der Waals surface area contributed by atoms with Gasteiger partial charge in [0.2, 0.25) is 0 Å². The molecule has 0 saturated carbocycles. The average Bonchev–Trinajstić information content (AvgIpc) is 2.85. The van der Waals surface area contributed by atoms with E-state index in [1.165, 1.54) is 17.3 Å². The Hall–Kier alpha value is -1.81. The zero-order valence-electron chi connectivity index (χ0n) is 13.1. The lowest BCUT2D eigenvalue weighted by Crippen LogP contribution is -2.32. The van der Waals surface area contributed by atoms with Crippen LogP contribution in [0, 0.1) is 0 Å². The number of nitrogens with one attached hydrogen (secondary N) is 1. The first-order chi connectivity index (χ1) is 11.1. The molecule has 1 unspecified atom stereocenters. The summed E-state index contributed by atoms with van der Waals surface area (Å²) in [5, 5.41) is 15.3. The van der Waals surface area contributed by atoms with Crippen LogP contribution >= 0.6 is 11.8 Å². The summed E-state index contributed by atoms with van der Waals surface area (Å²) in [5.74, 6) is -2.76. The van der Waals surface area contributed by atoms with Crippen molar-refractivity contribution < 1.29 is 27.9 Å². The number of carbonyl (C=O) groups excluding carboxylic acids is 1. The van der Waals surface area contributed by atoms with Crippen LogP contribution in [0.15, 0.2) is 17.8 Å². The minimum absolute atomic E-state index is 0.184. The van der Waals surface area contributed by atoms with Crippen molar-refractivity contribution in [2.75, 3.05) is 13.1 Å². The minimum Gasteiger partial charge on any atom is -0.475 e. The lowest BCUT2D eigenvalue weighted by atomic mass is 10.0. The van der Waals surface area contributed by atoms with Gasteiger partial charge in [-0.3, -0.25) is 9.48 Å². The average molecular weight is 365 g/mol. The maximum atomic E-state index is 11.2. The lowest BCUT2D eigenvalue weighted by Gasteiger charge is -2.24. The van der Waals surface area contributed by atoms with Crippen molar-refractivity contribution in [3.63, 3.8) is 0 Å². The first-order valence-corrected chi connectivity index (χ1v) is 7.85. The van der Waals surface area contributed by atoms with Crippen LogP contribution in [0.25, 0.3) is 6.08 Å². The third-order valence-corrected chi connectivity index (χ3v) is 4.10. The molecule has 0 bridgehead atoms. The first kappa shape index (κ1) is 20.2. The Kier molecular flexibility index (Phi) is 7.49. The number of nitrogens with zero attached hydrogens (tertiary/aromatic N) is 2. The molecule has 0 aromatic carbocycles. The van der Waals surface area contributed by atoms with Crippen LogP contribution in [-0.2, 0) is 16.6 Å². The largest absolute Gasteiger partial charge is 0.490 e. The van der Waals surface area contributed by atoms with Gasteiger partial charge in [0.15, 0.2) is 5.12 Å². The highest BCUT2D eigenvalue weighted by atomic mass is 32.2. The maximum Gasteiger partial charge on any atom is 0.490 e. The van der Waals surface area contributed by atoms with Crippen molar-refractivity contribution in [1.29, 1.82) is 0 Å². The monoisotopic (exact) mass is 365 g/mol. The molecule has 0 radical (unpaired) electrons. The predicted octanol–water partition coefficient (Wildman–Crippen LogP) is 2.08. The summed E-state index contributed by atoms with van der Waals surface area (Å²) in [6, 6.07) is 1.98. The first-order valence-electron chi connectivity index (χ1n) is 6.97. The SMILES string of the molecule is CC(=O)SC1CCNC/C1=C\c1ccn(C)n1.O=C(O)C(F)(F)F. The maximum absolute atomic E-state index is 11.2. The van der Waals surface area contributed by atoms with Gasteiger partial charge in [0, 0.05) is 32.0 Å². The number of aliphatic carboxylic acids is 1. The highest BCUT2D eigenvalue weighted by Gasteiger charge is 2.38. The van der Waals surface area contributed by atoms with Gasteiger partial charge in [0.1, 0.15) is 0 Å². The van der Waals surface area contributed by atoms with Crippen LogP contribution in [0.2, 0.25) is 0 Å². The van der Waals surface area contributed by atoms with Gasteiger partial charge >= 0.3 is 12.1 Å². The molecule has 134 valence electrons. The van der Waals surface area contributed by atoms with Crippen molar-refractivity contribution in [3.8, 4) is 0 Å². The summed E-state index contributed by atoms with van der Waals surface area (Å²) < 4.78 is 33.5. The molecule has 1 aliphatic heterocycles. The molecule has 0 amide bonds. The minimum atomic E-state index is -5.08. The second-order valence-corrected chi connectivity index (χ2v) is 6.38. The Bertz CT molecular complexity index is 614. The number of carbonyl (C=O) groups is 2. The normalized spacial score (nSPS) is 19.5. The number of aryl methyl sites for hydroxylation is 1. The van der Waals surface area contributed by atoms with Gasteiger partial charge in [-0.2, -0.15) is 18.3 Å². The van der Waals surface area contributed by atoms with E-state index in [0.717, 1.165) is 25.2 Å². The number of carboxylic acid groups (broad SMARTS) is 1. The van der Waals surface area contributed by atoms with Gasteiger partial charge in [-0.25, -0.2) is 4.79 Å². The molecular weight excluding hydrogens is 347 g/mol. The van der Waals surface area contributed by atoms with Gasteiger partial charge in [-0.1, -0.05) is 11.8 Å². The summed E-state index contributed by atoms with van der Waals surface area (Å²) in [7, 11) is 1.91. The van der Waals surface area contributed by atoms with Crippen LogP contribution in [0.5, 0.6) is 0 Å². The molecule has 10 heteroatoms. The van der Waals surface area contributed by atoms with Gasteiger partial charge in [-0.05, 0) is 30.7 Å². The number of halogens is 3. The van der Waals surface area contributed by atoms with E-state index >= 15 is 0 Å². The molecular formula is C14H18F3N3O3S. The molecule has 1 atom stereocenters. The molecule has 1 aromatic rings. The van der Waals surface area contributed by atoms with E-state index in [2.05, 4.69) is 16.5 Å². The highest BCUT2D eigenvalue weighted by molar-refractivity contribution is 8.14. The summed E-state index contributed by atoms with van der Waals surface area (Å²) in [6.45, 7) is 3.46. The number of rotatable bonds is 2. The molecule has 2 rings (SSSR count). The van der Waals surface area contributed by atoms with E-state index in [0.29, 0.717) is 5.25 Å². The van der Waals surface area contributed by atoms with Gasteiger partial charge in [0.05, 0.1) is 5.69 Å². The number of hydrogen-bond acceptors (Lipinski definition) is 5. The molecule has 1 aromatic heterocycles. The lowest BCUT2D eigenvalue weighted by molar-refractivity contribution is -0.192. The summed E-state index contributed by atoms with van der Waals surface area (Å²) in [6.07, 6.45) is -0.0640. The molecule has 24 heavy (non-hydrogen) atoms. The third kappa shape index (κ3) is 7.18. The Morgan fingerprint density at radius 1 is 1.50 bits per heavy atom. The van der Waals surface area contributed by atoms with Crippen LogP contribution in [0.3, 0.4) is 0 Å². The molecule has 0 aliphatic carbocycles. The Morgan fingerprint density at radius 2 is 2.12 bits per heavy atom. The Labute approximate surface area is 141 Å². The molecule has 6 nitrogen and oxygen atoms in total. The fraction of sp³-hybridized carbons (Fsp3) is 0.500. The van der Waals surface area contributed by atoms with Crippen LogP contribution < -0.4 is 5.32 Å². The van der Waals surface area contributed by atoms with E-state index in [1.807, 2.05) is 19.3 Å². The van der Waals surface area contributed by atoms with Crippen molar-refractivity contribution >= 4 is 28.9 Å². The molecule has 0 spiro atoms. The fourth-order valence-electron chi connectivity index (χ4n) is 1.94. The van der Waals surface area contributed by atoms with E-state index < -0.39 is 12.1 Å². The second kappa shape index (κ2) is 8.88. The van der Waals surface area contributed by atoms with Crippen LogP contribution in [0.4, 0.5) is 13.2 Å². The van der Waals surface area contributed by atoms with Crippen LogP contribution in [0.1, 0.15) is 19.0 Å². The predicted molar refractivity (Wildman–Crippen MR) is 84.4 cm³/mol. The topological polar surface area (TPSA) is 84.2 Å². The zero-order chi connectivity index (χ0) is 18.3. The second-order valence-electron chi connectivity index (χ2n) is 5.00. The number of thioether (sulfide) groups is 1. The van der Waals surface area contributed by atoms with Crippen LogP contribution in [-0.4, -0.2) is 50.5 Å². The molecule has 2 heterocycles. The standard InChI is InChI=1S/C12H17N3OS.C2HF3O2/c1-9(16)17-12-3-5-13-8-10(12)7-11-4-6-15(2)14-11;3-2(4,5)1(6)7/h4,6-7,12-13H,3,5,8H2,1-2H3;(H,6,7)/b10-7+;. The molecule has 1 saturated heterocycles. The summed E-state index contributed by atoms with van der Waals surface area (Å²) in [5.41, 5.74) is 2.22. The van der Waals surface area contributed by atoms with Crippen molar-refractivity contribution in [1.82, 2.24) is 15.1 Å². The van der Waals surface area contributed by atoms with Crippen molar-refractivity contribution in [2.45, 2.75) is 24.8 Å². The quantitative estimate of drug-likeness (QED) is 0.835. The van der Waals surface area contributed by atoms with Gasteiger partial charge in [0.25, 0.3) is 0 Å². The molecule has 1 aliphatic rings. The summed E-state index contributed by atoms with van der Waals surface area (Å²) >= 11 is 1.43. The third-order valence-electron chi connectivity index (χ3n) is 2.94. The fourth-order valence-corrected chi connectivity index (χ4v) is 2.88. The van der Waals surface area contributed by atoms with E-state index in [-0.39, 0.29) is 5.12 Å². The Morgan fingerprint density at radius 3 is 2.58 bits per heavy atom. The van der Waals surface area contributed by atoms with E-state index in [4.69, 9.17) is 9.90 Å². The van der Waals surface area contributed by atoms with Gasteiger partial charge in [-0.15, -0.1) is 0 Å². The van der Waals surface area contributed by atoms with Crippen molar-refractivity contribution in [2.24, 2.45) is 7.05 Å². The zero-order valence-corrected chi connectivity index (χ0v) is 13.9. The highest BCUT2D eigenvalue weighted by Crippen LogP contribution is 2.26. The molecule has 1 fully saturated rings. The number of hydrogen-bond donors (Lipinski definition) is 2. The number of carboxylic acids is 1. The summed E-state index contributed by atoms with van der Waals surface area (Å²) in [4.78, 5) is 20.1. The number of piperidine rings is 1. The molecule has 2 N–H and O–H groups in total. The smallest absolute Gasteiger partial charge is 0.475 e. The number of aromatic nitrogens is 2. The Balaban J connectivity index is 0.000000351.